The Morgan fingerprint density at radius 2 is 1.57 bits per heavy atom. The van der Waals surface area contributed by atoms with Gasteiger partial charge in [0.25, 0.3) is 0 Å². The summed E-state index contributed by atoms with van der Waals surface area (Å²) in [7, 11) is 0. The van der Waals surface area contributed by atoms with E-state index in [1.165, 1.54) is 0 Å². The molecule has 3 N–H and O–H groups in total. The Balaban J connectivity index is 0.000000470. The summed E-state index contributed by atoms with van der Waals surface area (Å²) in [4.78, 5) is 33.7. The molecule has 1 saturated carbocycles. The monoisotopic (exact) mass is 553 g/mol. The Kier molecular flexibility index (Phi) is 7.72. The average Bonchev–Trinajstić information content (AvgIpc) is 3.71. The number of fused-ring (bicyclic) bond motifs is 1. The fraction of sp³-hybridized carbons (Fsp3) is 0.233. The number of rotatable bonds is 6. The van der Waals surface area contributed by atoms with Crippen LogP contribution in [0.3, 0.4) is 0 Å². The van der Waals surface area contributed by atoms with Crippen LogP contribution in [0.4, 0.5) is 18.9 Å². The maximum Gasteiger partial charge on any atom is 0.490 e. The number of nitrogens with one attached hydrogen (secondary N) is 1. The standard InChI is InChI=1S/C28H25NO4.C2HF3O2/c1-17-14-21(18(2)29-23-11-7-6-10-20(23)27(31)32)26-22(15-17)24(30)16-25(33-26)28(12-13-28)19-8-4-3-5-9-19;3-2(4,5)1(6)7/h3-11,14-16,18,29H,12-13H2,1-2H3,(H,31,32);(H,6,7). The molecule has 0 spiro atoms. The molecule has 0 amide bonds. The van der Waals surface area contributed by atoms with Gasteiger partial charge >= 0.3 is 18.1 Å². The van der Waals surface area contributed by atoms with Crippen LogP contribution >= 0.6 is 0 Å². The summed E-state index contributed by atoms with van der Waals surface area (Å²) in [5.41, 5.74) is 3.88. The number of carboxylic acid groups (broad SMARTS) is 2. The molecule has 1 fully saturated rings. The number of para-hydroxylation sites is 1. The van der Waals surface area contributed by atoms with E-state index in [9.17, 15) is 27.9 Å². The summed E-state index contributed by atoms with van der Waals surface area (Å²) < 4.78 is 38.2. The molecule has 7 nitrogen and oxygen atoms in total. The molecular formula is C30H26F3NO6. The summed E-state index contributed by atoms with van der Waals surface area (Å²) in [6.07, 6.45) is -3.21. The van der Waals surface area contributed by atoms with Gasteiger partial charge in [-0.2, -0.15) is 13.2 Å². The molecule has 1 aromatic heterocycles. The molecule has 4 aromatic rings. The molecule has 0 radical (unpaired) electrons. The lowest BCUT2D eigenvalue weighted by Crippen LogP contribution is -2.21. The van der Waals surface area contributed by atoms with Crippen molar-refractivity contribution in [3.63, 3.8) is 0 Å². The number of alkyl halides is 3. The zero-order valence-corrected chi connectivity index (χ0v) is 21.6. The fourth-order valence-electron chi connectivity index (χ4n) is 4.66. The molecule has 1 atom stereocenters. The van der Waals surface area contributed by atoms with E-state index in [4.69, 9.17) is 14.3 Å². The first-order chi connectivity index (χ1) is 18.8. The van der Waals surface area contributed by atoms with Crippen LogP contribution in [0, 0.1) is 6.92 Å². The van der Waals surface area contributed by atoms with Crippen molar-refractivity contribution in [2.75, 3.05) is 5.32 Å². The summed E-state index contributed by atoms with van der Waals surface area (Å²) >= 11 is 0. The molecule has 5 rings (SSSR count). The van der Waals surface area contributed by atoms with E-state index in [1.807, 2.05) is 44.2 Å². The molecule has 40 heavy (non-hydrogen) atoms. The Labute approximate surface area is 226 Å². The van der Waals surface area contributed by atoms with E-state index in [0.717, 1.165) is 29.5 Å². The molecule has 10 heteroatoms. The highest BCUT2D eigenvalue weighted by molar-refractivity contribution is 5.94. The Hall–Kier alpha value is -4.60. The molecule has 0 aliphatic heterocycles. The quantitative estimate of drug-likeness (QED) is 0.244. The van der Waals surface area contributed by atoms with Crippen LogP contribution in [0.25, 0.3) is 11.0 Å². The zero-order valence-electron chi connectivity index (χ0n) is 21.6. The van der Waals surface area contributed by atoms with Gasteiger partial charge in [-0.3, -0.25) is 4.79 Å². The number of aromatic carboxylic acids is 1. The van der Waals surface area contributed by atoms with Gasteiger partial charge < -0.3 is 19.9 Å². The molecule has 1 aliphatic rings. The normalized spacial score (nSPS) is 14.5. The van der Waals surface area contributed by atoms with Crippen molar-refractivity contribution in [3.8, 4) is 0 Å². The van der Waals surface area contributed by atoms with E-state index in [2.05, 4.69) is 17.4 Å². The minimum absolute atomic E-state index is 0.0588. The lowest BCUT2D eigenvalue weighted by Gasteiger charge is -2.21. The number of aliphatic carboxylic acids is 1. The van der Waals surface area contributed by atoms with Crippen LogP contribution in [0.5, 0.6) is 0 Å². The number of halogens is 3. The van der Waals surface area contributed by atoms with E-state index >= 15 is 0 Å². The van der Waals surface area contributed by atoms with Gasteiger partial charge in [0.15, 0.2) is 5.43 Å². The molecule has 1 aliphatic carbocycles. The smallest absolute Gasteiger partial charge is 0.478 e. The first-order valence-corrected chi connectivity index (χ1v) is 12.4. The summed E-state index contributed by atoms with van der Waals surface area (Å²) in [5.74, 6) is -3.06. The second kappa shape index (κ2) is 10.9. The highest BCUT2D eigenvalue weighted by atomic mass is 19.4. The zero-order chi connectivity index (χ0) is 29.2. The Morgan fingerprint density at radius 3 is 2.15 bits per heavy atom. The first-order valence-electron chi connectivity index (χ1n) is 12.4. The predicted octanol–water partition coefficient (Wildman–Crippen LogP) is 6.69. The van der Waals surface area contributed by atoms with E-state index in [-0.39, 0.29) is 22.4 Å². The van der Waals surface area contributed by atoms with Crippen LogP contribution in [0.15, 0.2) is 82.0 Å². The molecule has 0 saturated heterocycles. The van der Waals surface area contributed by atoms with Crippen molar-refractivity contribution in [1.82, 2.24) is 0 Å². The van der Waals surface area contributed by atoms with Gasteiger partial charge in [-0.1, -0.05) is 48.5 Å². The SMILES string of the molecule is Cc1cc(C(C)Nc2ccccc2C(=O)O)c2oc(C3(c4ccccc4)CC3)cc(=O)c2c1.O=C(O)C(F)(F)F. The number of anilines is 1. The minimum Gasteiger partial charge on any atom is -0.478 e. The van der Waals surface area contributed by atoms with Crippen LogP contribution < -0.4 is 10.7 Å². The van der Waals surface area contributed by atoms with Crippen molar-refractivity contribution in [2.24, 2.45) is 0 Å². The maximum absolute atomic E-state index is 13.2. The third-order valence-corrected chi connectivity index (χ3v) is 6.79. The van der Waals surface area contributed by atoms with Crippen molar-refractivity contribution in [1.29, 1.82) is 0 Å². The second-order valence-electron chi connectivity index (χ2n) is 9.67. The van der Waals surface area contributed by atoms with E-state index in [1.54, 1.807) is 30.3 Å². The first kappa shape index (κ1) is 28.4. The third kappa shape index (κ3) is 5.85. The van der Waals surface area contributed by atoms with Crippen molar-refractivity contribution in [3.05, 3.63) is 111 Å². The fourth-order valence-corrected chi connectivity index (χ4v) is 4.66. The lowest BCUT2D eigenvalue weighted by molar-refractivity contribution is -0.192. The average molecular weight is 554 g/mol. The highest BCUT2D eigenvalue weighted by Gasteiger charge is 2.48. The summed E-state index contributed by atoms with van der Waals surface area (Å²) in [6, 6.07) is 22.2. The van der Waals surface area contributed by atoms with E-state index < -0.39 is 18.1 Å². The summed E-state index contributed by atoms with van der Waals surface area (Å²) in [6.45, 7) is 3.89. The van der Waals surface area contributed by atoms with Crippen LogP contribution in [0.2, 0.25) is 0 Å². The van der Waals surface area contributed by atoms with Gasteiger partial charge in [-0.05, 0) is 56.0 Å². The molecular weight excluding hydrogens is 527 g/mol. The lowest BCUT2D eigenvalue weighted by atomic mass is 9.92. The number of carbonyl (C=O) groups is 2. The third-order valence-electron chi connectivity index (χ3n) is 6.79. The molecule has 0 bridgehead atoms. The molecule has 3 aromatic carbocycles. The number of hydrogen-bond donors (Lipinski definition) is 3. The molecule has 1 unspecified atom stereocenters. The maximum atomic E-state index is 13.2. The Bertz CT molecular complexity index is 1620. The second-order valence-corrected chi connectivity index (χ2v) is 9.67. The molecule has 208 valence electrons. The summed E-state index contributed by atoms with van der Waals surface area (Å²) in [5, 5.41) is 20.5. The van der Waals surface area contributed by atoms with Crippen molar-refractivity contribution < 1.29 is 37.4 Å². The van der Waals surface area contributed by atoms with Gasteiger partial charge in [0.1, 0.15) is 11.3 Å². The van der Waals surface area contributed by atoms with Crippen LogP contribution in [0.1, 0.15) is 58.6 Å². The number of hydrogen-bond acceptors (Lipinski definition) is 5. The van der Waals surface area contributed by atoms with Gasteiger partial charge in [-0.25, -0.2) is 9.59 Å². The molecule has 1 heterocycles. The van der Waals surface area contributed by atoms with Crippen LogP contribution in [-0.2, 0) is 10.2 Å². The number of carboxylic acids is 2. The van der Waals surface area contributed by atoms with Crippen molar-refractivity contribution >= 4 is 28.6 Å². The van der Waals surface area contributed by atoms with Gasteiger partial charge in [0.05, 0.1) is 22.4 Å². The van der Waals surface area contributed by atoms with E-state index in [0.29, 0.717) is 22.4 Å². The predicted molar refractivity (Wildman–Crippen MR) is 143 cm³/mol. The van der Waals surface area contributed by atoms with Gasteiger partial charge in [-0.15, -0.1) is 0 Å². The van der Waals surface area contributed by atoms with Gasteiger partial charge in [0, 0.05) is 17.3 Å². The topological polar surface area (TPSA) is 117 Å². The Morgan fingerprint density at radius 1 is 0.975 bits per heavy atom. The van der Waals surface area contributed by atoms with Gasteiger partial charge in [0.2, 0.25) is 0 Å². The van der Waals surface area contributed by atoms with Crippen LogP contribution in [-0.4, -0.2) is 28.3 Å². The largest absolute Gasteiger partial charge is 0.490 e. The van der Waals surface area contributed by atoms with Crippen molar-refractivity contribution in [2.45, 2.75) is 44.3 Å². The highest BCUT2D eigenvalue weighted by Crippen LogP contribution is 2.53. The number of benzene rings is 3. The number of aryl methyl sites for hydroxylation is 1. The minimum atomic E-state index is -5.08.